The minimum absolute atomic E-state index is 0.00410. The number of piperazine rings is 1. The highest BCUT2D eigenvalue weighted by Crippen LogP contribution is 2.37. The minimum Gasteiger partial charge on any atom is -0.396 e. The van der Waals surface area contributed by atoms with Crippen molar-refractivity contribution in [3.8, 4) is 0 Å². The lowest BCUT2D eigenvalue weighted by Crippen LogP contribution is -2.56. The van der Waals surface area contributed by atoms with E-state index in [4.69, 9.17) is 0 Å². The normalized spacial score (nSPS) is 22.3. The number of aliphatic hydroxyl groups is 1. The standard InChI is InChI=1S/C21H26F3N3O/c22-21(23,24)18-7-3-6-17-19(8-10-25-20(17)18)26-11-12-27(15-4-1-2-5-15)16(14-26)9-13-28/h3,6-8,10,15-16,28H,1-2,4-5,9,11-14H2. The number of nitrogens with zero attached hydrogens (tertiary/aromatic N) is 3. The predicted molar refractivity (Wildman–Crippen MR) is 103 cm³/mol. The first kappa shape index (κ1) is 19.5. The van der Waals surface area contributed by atoms with E-state index in [1.165, 1.54) is 37.9 Å². The van der Waals surface area contributed by atoms with Gasteiger partial charge in [0.1, 0.15) is 0 Å². The van der Waals surface area contributed by atoms with Gasteiger partial charge in [-0.05, 0) is 31.4 Å². The van der Waals surface area contributed by atoms with Crippen molar-refractivity contribution in [2.75, 3.05) is 31.1 Å². The summed E-state index contributed by atoms with van der Waals surface area (Å²) in [4.78, 5) is 8.72. The topological polar surface area (TPSA) is 39.6 Å². The Kier molecular flexibility index (Phi) is 5.47. The van der Waals surface area contributed by atoms with E-state index in [0.29, 0.717) is 24.4 Å². The number of hydrogen-bond donors (Lipinski definition) is 1. The molecule has 0 bridgehead atoms. The Morgan fingerprint density at radius 1 is 1.11 bits per heavy atom. The largest absolute Gasteiger partial charge is 0.418 e. The summed E-state index contributed by atoms with van der Waals surface area (Å²) in [6.45, 7) is 2.48. The van der Waals surface area contributed by atoms with Gasteiger partial charge in [0.05, 0.1) is 11.1 Å². The first-order valence-corrected chi connectivity index (χ1v) is 10.1. The number of para-hydroxylation sites is 1. The second-order valence-electron chi connectivity index (χ2n) is 7.82. The molecule has 7 heteroatoms. The number of alkyl halides is 3. The number of rotatable bonds is 4. The molecule has 152 valence electrons. The zero-order chi connectivity index (χ0) is 19.7. The quantitative estimate of drug-likeness (QED) is 0.850. The van der Waals surface area contributed by atoms with Crippen LogP contribution < -0.4 is 4.90 Å². The van der Waals surface area contributed by atoms with Crippen molar-refractivity contribution in [2.24, 2.45) is 0 Å². The van der Waals surface area contributed by atoms with Crippen molar-refractivity contribution in [2.45, 2.75) is 50.4 Å². The Bertz CT molecular complexity index is 820. The molecule has 1 aromatic carbocycles. The second kappa shape index (κ2) is 7.87. The third-order valence-corrected chi connectivity index (χ3v) is 6.18. The molecule has 1 N–H and O–H groups in total. The van der Waals surface area contributed by atoms with Gasteiger partial charge in [0.15, 0.2) is 0 Å². The summed E-state index contributed by atoms with van der Waals surface area (Å²) in [6, 6.07) is 6.86. The predicted octanol–water partition coefficient (Wildman–Crippen LogP) is 4.07. The van der Waals surface area contributed by atoms with Crippen LogP contribution in [0.2, 0.25) is 0 Å². The van der Waals surface area contributed by atoms with E-state index in [9.17, 15) is 18.3 Å². The van der Waals surface area contributed by atoms with E-state index < -0.39 is 11.7 Å². The van der Waals surface area contributed by atoms with Crippen molar-refractivity contribution < 1.29 is 18.3 Å². The first-order valence-electron chi connectivity index (χ1n) is 10.1. The summed E-state index contributed by atoms with van der Waals surface area (Å²) in [7, 11) is 0. The third-order valence-electron chi connectivity index (χ3n) is 6.18. The fourth-order valence-corrected chi connectivity index (χ4v) is 4.88. The molecular weight excluding hydrogens is 367 g/mol. The van der Waals surface area contributed by atoms with Gasteiger partial charge in [0.25, 0.3) is 0 Å². The summed E-state index contributed by atoms with van der Waals surface area (Å²) in [5, 5.41) is 10.1. The molecule has 0 spiro atoms. The fraction of sp³-hybridized carbons (Fsp3) is 0.571. The highest BCUT2D eigenvalue weighted by molar-refractivity contribution is 5.93. The number of anilines is 1. The molecule has 2 fully saturated rings. The van der Waals surface area contributed by atoms with Crippen LogP contribution in [0.1, 0.15) is 37.7 Å². The van der Waals surface area contributed by atoms with Crippen LogP contribution in [0.4, 0.5) is 18.9 Å². The average Bonchev–Trinajstić information content (AvgIpc) is 3.21. The van der Waals surface area contributed by atoms with Gasteiger partial charge in [0.2, 0.25) is 0 Å². The Morgan fingerprint density at radius 3 is 2.61 bits per heavy atom. The van der Waals surface area contributed by atoms with Crippen molar-refractivity contribution in [3.63, 3.8) is 0 Å². The van der Waals surface area contributed by atoms with E-state index in [1.807, 2.05) is 6.07 Å². The van der Waals surface area contributed by atoms with E-state index in [0.717, 1.165) is 24.8 Å². The molecule has 1 aliphatic heterocycles. The molecular formula is C21H26F3N3O. The van der Waals surface area contributed by atoms with Gasteiger partial charge in [-0.2, -0.15) is 13.2 Å². The maximum atomic E-state index is 13.4. The molecule has 1 saturated heterocycles. The summed E-state index contributed by atoms with van der Waals surface area (Å²) in [5.74, 6) is 0. The van der Waals surface area contributed by atoms with Crippen molar-refractivity contribution in [1.29, 1.82) is 0 Å². The SMILES string of the molecule is OCCC1CN(c2ccnc3c(C(F)(F)F)cccc23)CCN1C1CCCC1. The van der Waals surface area contributed by atoms with Crippen molar-refractivity contribution in [1.82, 2.24) is 9.88 Å². The molecule has 1 saturated carbocycles. The van der Waals surface area contributed by atoms with Crippen LogP contribution >= 0.6 is 0 Å². The highest BCUT2D eigenvalue weighted by atomic mass is 19.4. The van der Waals surface area contributed by atoms with Gasteiger partial charge in [-0.15, -0.1) is 0 Å². The summed E-state index contributed by atoms with van der Waals surface area (Å²) in [5.41, 5.74) is 0.109. The van der Waals surface area contributed by atoms with E-state index in [-0.39, 0.29) is 18.2 Å². The van der Waals surface area contributed by atoms with Gasteiger partial charge < -0.3 is 10.0 Å². The lowest BCUT2D eigenvalue weighted by atomic mass is 10.0. The molecule has 2 aromatic rings. The molecule has 1 atom stereocenters. The lowest BCUT2D eigenvalue weighted by Gasteiger charge is -2.45. The molecule has 4 rings (SSSR count). The number of aromatic nitrogens is 1. The number of halogens is 3. The maximum Gasteiger partial charge on any atom is 0.418 e. The molecule has 1 aliphatic carbocycles. The molecule has 4 nitrogen and oxygen atoms in total. The number of fused-ring (bicyclic) bond motifs is 1. The Morgan fingerprint density at radius 2 is 1.89 bits per heavy atom. The van der Waals surface area contributed by atoms with Crippen LogP contribution in [0.5, 0.6) is 0 Å². The highest BCUT2D eigenvalue weighted by Gasteiger charge is 2.35. The van der Waals surface area contributed by atoms with E-state index >= 15 is 0 Å². The van der Waals surface area contributed by atoms with Gasteiger partial charge in [-0.1, -0.05) is 25.0 Å². The third kappa shape index (κ3) is 3.70. The number of hydrogen-bond acceptors (Lipinski definition) is 4. The molecule has 1 unspecified atom stereocenters. The average molecular weight is 393 g/mol. The molecule has 0 radical (unpaired) electrons. The zero-order valence-corrected chi connectivity index (χ0v) is 15.8. The van der Waals surface area contributed by atoms with Gasteiger partial charge in [-0.25, -0.2) is 0 Å². The molecule has 28 heavy (non-hydrogen) atoms. The summed E-state index contributed by atoms with van der Waals surface area (Å²) < 4.78 is 40.2. The van der Waals surface area contributed by atoms with Crippen molar-refractivity contribution in [3.05, 3.63) is 36.0 Å². The number of aliphatic hydroxyl groups excluding tert-OH is 1. The summed E-state index contributed by atoms with van der Waals surface area (Å²) >= 11 is 0. The van der Waals surface area contributed by atoms with Crippen LogP contribution in [0.15, 0.2) is 30.5 Å². The Balaban J connectivity index is 1.65. The van der Waals surface area contributed by atoms with E-state index in [2.05, 4.69) is 14.8 Å². The van der Waals surface area contributed by atoms with Crippen molar-refractivity contribution >= 4 is 16.6 Å². The number of benzene rings is 1. The zero-order valence-electron chi connectivity index (χ0n) is 15.8. The molecule has 1 aromatic heterocycles. The van der Waals surface area contributed by atoms with Gasteiger partial charge >= 0.3 is 6.18 Å². The van der Waals surface area contributed by atoms with Crippen LogP contribution in [0, 0.1) is 0 Å². The summed E-state index contributed by atoms with van der Waals surface area (Å²) in [6.07, 6.45) is 2.65. The molecule has 2 aliphatic rings. The number of pyridine rings is 1. The minimum atomic E-state index is -4.42. The molecule has 2 heterocycles. The van der Waals surface area contributed by atoms with Gasteiger partial charge in [0, 0.05) is 55.6 Å². The van der Waals surface area contributed by atoms with Crippen LogP contribution in [-0.4, -0.2) is 53.3 Å². The van der Waals surface area contributed by atoms with E-state index in [1.54, 1.807) is 6.07 Å². The smallest absolute Gasteiger partial charge is 0.396 e. The van der Waals surface area contributed by atoms with Crippen LogP contribution in [0.3, 0.4) is 0 Å². The Hall–Kier alpha value is -1.86. The Labute approximate surface area is 163 Å². The maximum absolute atomic E-state index is 13.4. The lowest BCUT2D eigenvalue weighted by molar-refractivity contribution is -0.136. The fourth-order valence-electron chi connectivity index (χ4n) is 4.88. The van der Waals surface area contributed by atoms with Gasteiger partial charge in [-0.3, -0.25) is 9.88 Å². The van der Waals surface area contributed by atoms with Crippen LogP contribution in [-0.2, 0) is 6.18 Å². The second-order valence-corrected chi connectivity index (χ2v) is 7.82. The van der Waals surface area contributed by atoms with Crippen LogP contribution in [0.25, 0.3) is 10.9 Å². The monoisotopic (exact) mass is 393 g/mol. The first-order chi connectivity index (χ1) is 13.5. The molecule has 0 amide bonds.